The van der Waals surface area contributed by atoms with Crippen LogP contribution >= 0.6 is 12.6 Å². The molecule has 10 heavy (non-hydrogen) atoms. The first-order chi connectivity index (χ1) is 4.36. The van der Waals surface area contributed by atoms with Gasteiger partial charge in [0.25, 0.3) is 0 Å². The van der Waals surface area contributed by atoms with Crippen molar-refractivity contribution in [3.05, 3.63) is 0 Å². The Hall–Kier alpha value is 0.0200. The molecule has 0 heterocycles. The van der Waals surface area contributed by atoms with Crippen LogP contribution in [0.3, 0.4) is 0 Å². The van der Waals surface area contributed by atoms with E-state index in [-0.39, 0.29) is 11.2 Å². The molecule has 0 aromatic heterocycles. The molecule has 0 spiro atoms. The second-order valence-electron chi connectivity index (χ2n) is 3.49. The SMILES string of the molecule is CC(=O)C(C)(C)CC(C)S. The Morgan fingerprint density at radius 2 is 2.00 bits per heavy atom. The van der Waals surface area contributed by atoms with Crippen molar-refractivity contribution >= 4 is 18.4 Å². The Morgan fingerprint density at radius 1 is 1.60 bits per heavy atom. The highest BCUT2D eigenvalue weighted by Gasteiger charge is 2.24. The quantitative estimate of drug-likeness (QED) is 0.627. The highest BCUT2D eigenvalue weighted by atomic mass is 32.1. The summed E-state index contributed by atoms with van der Waals surface area (Å²) in [5.74, 6) is 0.244. The monoisotopic (exact) mass is 160 g/mol. The van der Waals surface area contributed by atoms with Crippen LogP contribution in [0.5, 0.6) is 0 Å². The maximum absolute atomic E-state index is 11.0. The van der Waals surface area contributed by atoms with Crippen molar-refractivity contribution in [2.24, 2.45) is 5.41 Å². The molecule has 1 unspecified atom stereocenters. The number of carbonyl (C=O) groups is 1. The maximum atomic E-state index is 11.0. The van der Waals surface area contributed by atoms with E-state index in [4.69, 9.17) is 0 Å². The van der Waals surface area contributed by atoms with E-state index in [1.165, 1.54) is 0 Å². The van der Waals surface area contributed by atoms with Crippen LogP contribution in [0.25, 0.3) is 0 Å². The lowest BCUT2D eigenvalue weighted by atomic mass is 9.84. The summed E-state index contributed by atoms with van der Waals surface area (Å²) in [4.78, 5) is 11.0. The standard InChI is InChI=1S/C8H16OS/c1-6(10)5-8(3,4)7(2)9/h6,10H,5H2,1-4H3. The zero-order valence-corrected chi connectivity index (χ0v) is 8.03. The van der Waals surface area contributed by atoms with Gasteiger partial charge in [-0.15, -0.1) is 0 Å². The van der Waals surface area contributed by atoms with E-state index < -0.39 is 0 Å². The van der Waals surface area contributed by atoms with Crippen molar-refractivity contribution in [3.63, 3.8) is 0 Å². The van der Waals surface area contributed by atoms with Gasteiger partial charge in [0.1, 0.15) is 5.78 Å². The molecule has 0 aliphatic rings. The summed E-state index contributed by atoms with van der Waals surface area (Å²) in [6.07, 6.45) is 0.853. The second-order valence-corrected chi connectivity index (χ2v) is 4.37. The molecule has 0 rings (SSSR count). The Labute approximate surface area is 68.6 Å². The van der Waals surface area contributed by atoms with Gasteiger partial charge < -0.3 is 0 Å². The fourth-order valence-electron chi connectivity index (χ4n) is 0.882. The molecular weight excluding hydrogens is 144 g/mol. The van der Waals surface area contributed by atoms with Gasteiger partial charge in [-0.3, -0.25) is 4.79 Å². The van der Waals surface area contributed by atoms with Gasteiger partial charge in [-0.25, -0.2) is 0 Å². The summed E-state index contributed by atoms with van der Waals surface area (Å²) < 4.78 is 0. The molecule has 0 fully saturated rings. The Balaban J connectivity index is 4.00. The van der Waals surface area contributed by atoms with E-state index >= 15 is 0 Å². The van der Waals surface area contributed by atoms with Crippen LogP contribution in [0.1, 0.15) is 34.1 Å². The fraction of sp³-hybridized carbons (Fsp3) is 0.875. The smallest absolute Gasteiger partial charge is 0.135 e. The van der Waals surface area contributed by atoms with Gasteiger partial charge in [0.05, 0.1) is 0 Å². The third-order valence-corrected chi connectivity index (χ3v) is 1.94. The highest BCUT2D eigenvalue weighted by molar-refractivity contribution is 7.80. The lowest BCUT2D eigenvalue weighted by Gasteiger charge is -2.22. The van der Waals surface area contributed by atoms with Gasteiger partial charge in [0.15, 0.2) is 0 Å². The van der Waals surface area contributed by atoms with E-state index in [1.807, 2.05) is 20.8 Å². The number of hydrogen-bond donors (Lipinski definition) is 1. The molecule has 0 aromatic carbocycles. The van der Waals surface area contributed by atoms with Gasteiger partial charge >= 0.3 is 0 Å². The van der Waals surface area contributed by atoms with Crippen molar-refractivity contribution in [3.8, 4) is 0 Å². The number of Topliss-reactive ketones (excluding diaryl/α,β-unsaturated/α-hetero) is 1. The summed E-state index contributed by atoms with van der Waals surface area (Å²) >= 11 is 4.23. The summed E-state index contributed by atoms with van der Waals surface area (Å²) in [5, 5.41) is 0.305. The number of thiol groups is 1. The minimum Gasteiger partial charge on any atom is -0.299 e. The molecule has 1 atom stereocenters. The minimum atomic E-state index is -0.193. The van der Waals surface area contributed by atoms with Crippen LogP contribution < -0.4 is 0 Å². The molecule has 60 valence electrons. The van der Waals surface area contributed by atoms with Crippen molar-refractivity contribution in [1.29, 1.82) is 0 Å². The van der Waals surface area contributed by atoms with Crippen molar-refractivity contribution < 1.29 is 4.79 Å². The van der Waals surface area contributed by atoms with Gasteiger partial charge in [0.2, 0.25) is 0 Å². The molecule has 0 N–H and O–H groups in total. The minimum absolute atomic E-state index is 0.193. The number of rotatable bonds is 3. The van der Waals surface area contributed by atoms with Crippen molar-refractivity contribution in [2.75, 3.05) is 0 Å². The van der Waals surface area contributed by atoms with Crippen LogP contribution in [-0.4, -0.2) is 11.0 Å². The summed E-state index contributed by atoms with van der Waals surface area (Å²) in [7, 11) is 0. The summed E-state index contributed by atoms with van der Waals surface area (Å²) in [6.45, 7) is 7.56. The van der Waals surface area contributed by atoms with E-state index in [0.717, 1.165) is 6.42 Å². The Kier molecular flexibility index (Phi) is 3.43. The van der Waals surface area contributed by atoms with Crippen LogP contribution in [0, 0.1) is 5.41 Å². The second kappa shape index (κ2) is 3.42. The Morgan fingerprint density at radius 3 is 2.10 bits per heavy atom. The van der Waals surface area contributed by atoms with Crippen molar-refractivity contribution in [1.82, 2.24) is 0 Å². The van der Waals surface area contributed by atoms with Crippen LogP contribution in [0.4, 0.5) is 0 Å². The molecule has 0 amide bonds. The van der Waals surface area contributed by atoms with Gasteiger partial charge in [-0.2, -0.15) is 12.6 Å². The summed E-state index contributed by atoms with van der Waals surface area (Å²) in [6, 6.07) is 0. The topological polar surface area (TPSA) is 17.1 Å². The Bertz CT molecular complexity index is 127. The van der Waals surface area contributed by atoms with Gasteiger partial charge in [0, 0.05) is 5.41 Å². The lowest BCUT2D eigenvalue weighted by molar-refractivity contribution is -0.125. The van der Waals surface area contributed by atoms with E-state index in [0.29, 0.717) is 5.25 Å². The predicted octanol–water partition coefficient (Wildman–Crippen LogP) is 2.31. The molecular formula is C8H16OS. The predicted molar refractivity (Wildman–Crippen MR) is 47.5 cm³/mol. The average Bonchev–Trinajstić information content (AvgIpc) is 1.60. The third-order valence-electron chi connectivity index (χ3n) is 1.76. The molecule has 1 nitrogen and oxygen atoms in total. The molecule has 2 heteroatoms. The first-order valence-electron chi connectivity index (χ1n) is 3.55. The van der Waals surface area contributed by atoms with E-state index in [9.17, 15) is 4.79 Å². The molecule has 0 aliphatic carbocycles. The molecule has 0 saturated heterocycles. The molecule has 0 bridgehead atoms. The third kappa shape index (κ3) is 3.25. The number of hydrogen-bond acceptors (Lipinski definition) is 2. The average molecular weight is 160 g/mol. The van der Waals surface area contributed by atoms with Crippen LogP contribution in [0.15, 0.2) is 0 Å². The van der Waals surface area contributed by atoms with Gasteiger partial charge in [-0.05, 0) is 18.6 Å². The normalized spacial score (nSPS) is 14.9. The first kappa shape index (κ1) is 10.0. The number of ketones is 1. The zero-order valence-electron chi connectivity index (χ0n) is 7.14. The summed E-state index contributed by atoms with van der Waals surface area (Å²) in [5.41, 5.74) is -0.193. The molecule has 0 aromatic rings. The lowest BCUT2D eigenvalue weighted by Crippen LogP contribution is -2.24. The van der Waals surface area contributed by atoms with Crippen LogP contribution in [0.2, 0.25) is 0 Å². The van der Waals surface area contributed by atoms with Crippen molar-refractivity contribution in [2.45, 2.75) is 39.4 Å². The van der Waals surface area contributed by atoms with Crippen LogP contribution in [-0.2, 0) is 4.79 Å². The maximum Gasteiger partial charge on any atom is 0.135 e. The fourth-order valence-corrected chi connectivity index (χ4v) is 1.34. The van der Waals surface area contributed by atoms with E-state index in [1.54, 1.807) is 6.92 Å². The first-order valence-corrected chi connectivity index (χ1v) is 4.07. The molecule has 0 aliphatic heterocycles. The largest absolute Gasteiger partial charge is 0.299 e. The molecule has 0 saturated carbocycles. The zero-order chi connectivity index (χ0) is 8.36. The molecule has 0 radical (unpaired) electrons. The van der Waals surface area contributed by atoms with E-state index in [2.05, 4.69) is 12.6 Å². The highest BCUT2D eigenvalue weighted by Crippen LogP contribution is 2.25. The van der Waals surface area contributed by atoms with Gasteiger partial charge in [-0.1, -0.05) is 20.8 Å². The number of carbonyl (C=O) groups excluding carboxylic acids is 1.